The molecule has 3 atom stereocenters. The molecule has 0 fully saturated rings. The van der Waals surface area contributed by atoms with Crippen molar-refractivity contribution in [3.63, 3.8) is 0 Å². The van der Waals surface area contributed by atoms with Crippen molar-refractivity contribution in [3.05, 3.63) is 71.8 Å². The zero-order valence-electron chi connectivity index (χ0n) is 23.4. The molecule has 2 aromatic carbocycles. The van der Waals surface area contributed by atoms with Crippen molar-refractivity contribution < 1.29 is 29.0 Å². The highest BCUT2D eigenvalue weighted by Gasteiger charge is 2.30. The third-order valence-electron chi connectivity index (χ3n) is 6.00. The Labute approximate surface area is 239 Å². The van der Waals surface area contributed by atoms with Gasteiger partial charge in [-0.05, 0) is 36.3 Å². The second kappa shape index (κ2) is 17.2. The molecule has 3 amide bonds. The first-order valence-electron chi connectivity index (χ1n) is 13.4. The van der Waals surface area contributed by atoms with E-state index in [9.17, 15) is 24.3 Å². The van der Waals surface area contributed by atoms with Crippen LogP contribution in [0.4, 0.5) is 4.79 Å². The molecular weight excluding hydrogens is 528 g/mol. The molecule has 8 N–H and O–H groups in total. The van der Waals surface area contributed by atoms with Gasteiger partial charge in [0.2, 0.25) is 11.8 Å². The van der Waals surface area contributed by atoms with Crippen molar-refractivity contribution in [2.24, 2.45) is 22.4 Å². The third kappa shape index (κ3) is 12.9. The van der Waals surface area contributed by atoms with Gasteiger partial charge in [-0.15, -0.1) is 0 Å². The maximum absolute atomic E-state index is 13.5. The Morgan fingerprint density at radius 1 is 0.829 bits per heavy atom. The zero-order valence-corrected chi connectivity index (χ0v) is 23.4. The molecule has 0 spiro atoms. The molecular formula is C29H40N6O6. The Bertz CT molecular complexity index is 1150. The van der Waals surface area contributed by atoms with Crippen LogP contribution in [0.15, 0.2) is 65.7 Å². The number of aliphatic imine (C=N–C) groups is 1. The van der Waals surface area contributed by atoms with Crippen molar-refractivity contribution >= 4 is 29.8 Å². The molecule has 2 rings (SSSR count). The van der Waals surface area contributed by atoms with Crippen LogP contribution in [0.1, 0.15) is 44.2 Å². The van der Waals surface area contributed by atoms with Crippen LogP contribution in [0.2, 0.25) is 0 Å². The van der Waals surface area contributed by atoms with Gasteiger partial charge in [0.05, 0.1) is 0 Å². The van der Waals surface area contributed by atoms with Gasteiger partial charge in [0.1, 0.15) is 24.7 Å². The van der Waals surface area contributed by atoms with Crippen molar-refractivity contribution in [1.29, 1.82) is 0 Å². The summed E-state index contributed by atoms with van der Waals surface area (Å²) in [6, 6.07) is 14.8. The van der Waals surface area contributed by atoms with Gasteiger partial charge in [-0.1, -0.05) is 74.5 Å². The molecule has 0 saturated heterocycles. The summed E-state index contributed by atoms with van der Waals surface area (Å²) in [4.78, 5) is 54.9. The minimum atomic E-state index is -1.18. The number of aliphatic carboxylic acids is 1. The summed E-state index contributed by atoms with van der Waals surface area (Å²) < 4.78 is 5.30. The summed E-state index contributed by atoms with van der Waals surface area (Å²) >= 11 is 0. The number of alkyl carbamates (subject to hydrolysis) is 1. The number of hydrogen-bond donors (Lipinski definition) is 6. The lowest BCUT2D eigenvalue weighted by Crippen LogP contribution is -2.56. The molecule has 0 radical (unpaired) electrons. The van der Waals surface area contributed by atoms with E-state index in [-0.39, 0.29) is 44.3 Å². The van der Waals surface area contributed by atoms with E-state index in [1.54, 1.807) is 36.4 Å². The van der Waals surface area contributed by atoms with Crippen LogP contribution in [0, 0.1) is 5.92 Å². The molecule has 0 aliphatic carbocycles. The summed E-state index contributed by atoms with van der Waals surface area (Å²) in [5.41, 5.74) is 12.3. The summed E-state index contributed by atoms with van der Waals surface area (Å²) in [5, 5.41) is 17.4. The largest absolute Gasteiger partial charge is 0.480 e. The van der Waals surface area contributed by atoms with Gasteiger partial charge in [-0.3, -0.25) is 14.6 Å². The summed E-state index contributed by atoms with van der Waals surface area (Å²) in [7, 11) is 0. The normalized spacial score (nSPS) is 12.9. The van der Waals surface area contributed by atoms with Crippen LogP contribution in [-0.4, -0.2) is 59.6 Å². The van der Waals surface area contributed by atoms with E-state index in [2.05, 4.69) is 20.9 Å². The molecule has 41 heavy (non-hydrogen) atoms. The minimum Gasteiger partial charge on any atom is -0.480 e. The van der Waals surface area contributed by atoms with Gasteiger partial charge in [0.25, 0.3) is 0 Å². The number of guanidine groups is 1. The molecule has 0 heterocycles. The molecule has 222 valence electrons. The number of benzene rings is 2. The zero-order chi connectivity index (χ0) is 30.2. The first-order valence-corrected chi connectivity index (χ1v) is 13.4. The second-order valence-corrected chi connectivity index (χ2v) is 9.99. The first kappa shape index (κ1) is 32.6. The predicted octanol–water partition coefficient (Wildman–Crippen LogP) is 1.68. The van der Waals surface area contributed by atoms with E-state index in [1.165, 1.54) is 0 Å². The number of carbonyl (C=O) groups excluding carboxylic acids is 3. The van der Waals surface area contributed by atoms with Crippen molar-refractivity contribution in [3.8, 4) is 0 Å². The topological polar surface area (TPSA) is 198 Å². The van der Waals surface area contributed by atoms with Crippen LogP contribution in [0.3, 0.4) is 0 Å². The predicted molar refractivity (Wildman–Crippen MR) is 155 cm³/mol. The Balaban J connectivity index is 2.19. The van der Waals surface area contributed by atoms with Gasteiger partial charge in [0, 0.05) is 13.0 Å². The van der Waals surface area contributed by atoms with E-state index in [1.807, 2.05) is 38.1 Å². The third-order valence-corrected chi connectivity index (χ3v) is 6.00. The summed E-state index contributed by atoms with van der Waals surface area (Å²) in [5.74, 6) is -2.58. The molecule has 12 nitrogen and oxygen atoms in total. The first-order chi connectivity index (χ1) is 19.5. The van der Waals surface area contributed by atoms with Gasteiger partial charge < -0.3 is 37.3 Å². The fourth-order valence-electron chi connectivity index (χ4n) is 3.98. The lowest BCUT2D eigenvalue weighted by Gasteiger charge is -2.25. The van der Waals surface area contributed by atoms with E-state index < -0.39 is 42.0 Å². The summed E-state index contributed by atoms with van der Waals surface area (Å²) in [6.45, 7) is 3.89. The highest BCUT2D eigenvalue weighted by molar-refractivity contribution is 5.93. The molecule has 0 bridgehead atoms. The number of nitrogens with zero attached hydrogens (tertiary/aromatic N) is 1. The molecule has 0 unspecified atom stereocenters. The number of nitrogens with two attached hydrogens (primary N) is 2. The summed E-state index contributed by atoms with van der Waals surface area (Å²) in [6.07, 6.45) is -0.0177. The fraction of sp³-hybridized carbons (Fsp3) is 0.414. The van der Waals surface area contributed by atoms with Gasteiger partial charge in [0.15, 0.2) is 5.96 Å². The number of amides is 3. The average molecular weight is 569 g/mol. The van der Waals surface area contributed by atoms with Crippen molar-refractivity contribution in [2.45, 2.75) is 64.3 Å². The number of ether oxygens (including phenoxy) is 1. The molecule has 2 aromatic rings. The minimum absolute atomic E-state index is 0.00709. The Kier molecular flexibility index (Phi) is 13.6. The SMILES string of the molecule is CC(C)C[C@H](NC(=O)[C@H](CCCN=C(N)N)NC(=O)[C@H](Cc1ccccc1)NC(=O)OCc1ccccc1)C(=O)O. The fourth-order valence-corrected chi connectivity index (χ4v) is 3.98. The number of carbonyl (C=O) groups is 4. The van der Waals surface area contributed by atoms with Crippen LogP contribution < -0.4 is 27.4 Å². The molecule has 0 aliphatic heterocycles. The van der Waals surface area contributed by atoms with Crippen LogP contribution in [-0.2, 0) is 32.1 Å². The number of rotatable bonds is 16. The van der Waals surface area contributed by atoms with Gasteiger partial charge in [-0.25, -0.2) is 9.59 Å². The van der Waals surface area contributed by atoms with Crippen molar-refractivity contribution in [2.75, 3.05) is 6.54 Å². The molecule has 0 saturated carbocycles. The van der Waals surface area contributed by atoms with Crippen molar-refractivity contribution in [1.82, 2.24) is 16.0 Å². The maximum Gasteiger partial charge on any atom is 0.408 e. The molecule has 0 aliphatic rings. The average Bonchev–Trinajstić information content (AvgIpc) is 2.93. The van der Waals surface area contributed by atoms with Gasteiger partial charge >= 0.3 is 12.1 Å². The maximum atomic E-state index is 13.5. The lowest BCUT2D eigenvalue weighted by molar-refractivity contribution is -0.142. The van der Waals surface area contributed by atoms with Crippen LogP contribution in [0.5, 0.6) is 0 Å². The van der Waals surface area contributed by atoms with Gasteiger partial charge in [-0.2, -0.15) is 0 Å². The molecule has 12 heteroatoms. The monoisotopic (exact) mass is 568 g/mol. The number of carboxylic acid groups (broad SMARTS) is 1. The Morgan fingerprint density at radius 3 is 1.95 bits per heavy atom. The smallest absolute Gasteiger partial charge is 0.408 e. The van der Waals surface area contributed by atoms with Crippen LogP contribution >= 0.6 is 0 Å². The Morgan fingerprint density at radius 2 is 1.39 bits per heavy atom. The van der Waals surface area contributed by atoms with E-state index >= 15 is 0 Å². The van der Waals surface area contributed by atoms with E-state index in [0.29, 0.717) is 6.42 Å². The second-order valence-electron chi connectivity index (χ2n) is 9.99. The van der Waals surface area contributed by atoms with E-state index in [4.69, 9.17) is 16.2 Å². The van der Waals surface area contributed by atoms with Crippen LogP contribution in [0.25, 0.3) is 0 Å². The molecule has 0 aromatic heterocycles. The lowest BCUT2D eigenvalue weighted by atomic mass is 10.0. The van der Waals surface area contributed by atoms with E-state index in [0.717, 1.165) is 11.1 Å². The number of carboxylic acids is 1. The highest BCUT2D eigenvalue weighted by Crippen LogP contribution is 2.09. The Hall–Kier alpha value is -4.61. The number of hydrogen-bond acceptors (Lipinski definition) is 6. The standard InChI is InChI=1S/C29H40N6O6/c1-19(2)16-24(27(38)39)34-25(36)22(14-9-15-32-28(30)31)33-26(37)23(17-20-10-5-3-6-11-20)35-29(40)41-18-21-12-7-4-8-13-21/h3-8,10-13,19,22-24H,9,14-18H2,1-2H3,(H,33,37)(H,34,36)(H,35,40)(H,38,39)(H4,30,31,32)/t22-,23-,24-/m0/s1. The quantitative estimate of drug-likeness (QED) is 0.0998. The highest BCUT2D eigenvalue weighted by atomic mass is 16.5. The number of nitrogens with one attached hydrogen (secondary N) is 3.